The van der Waals surface area contributed by atoms with Gasteiger partial charge in [-0.25, -0.2) is 19.6 Å². The van der Waals surface area contributed by atoms with E-state index in [2.05, 4.69) is 9.97 Å². The fourth-order valence-corrected chi connectivity index (χ4v) is 1.14. The maximum Gasteiger partial charge on any atom is 0.184 e. The van der Waals surface area contributed by atoms with Gasteiger partial charge in [0.2, 0.25) is 0 Å². The van der Waals surface area contributed by atoms with Crippen LogP contribution < -0.4 is 10.7 Å². The molecule has 1 heterocycles. The minimum Gasteiger partial charge on any atom is -0.232 e. The molecule has 0 aliphatic carbocycles. The quantitative estimate of drug-likeness (QED) is 0.507. The number of benzene rings is 1. The topological polar surface area (TPSA) is 59.9 Å². The molecule has 0 saturated carbocycles. The van der Waals surface area contributed by atoms with Gasteiger partial charge in [-0.15, -0.1) is 0 Å². The maximum atomic E-state index is 10.4. The van der Waals surface area contributed by atoms with Crippen LogP contribution in [0.3, 0.4) is 0 Å². The molecule has 1 aromatic carbocycles. The molecule has 0 saturated heterocycles. The summed E-state index contributed by atoms with van der Waals surface area (Å²) in [5.74, 6) is 3.11. The van der Waals surface area contributed by atoms with Gasteiger partial charge in [0.25, 0.3) is 0 Å². The Morgan fingerprint density at radius 2 is 1.29 bits per heavy atom. The van der Waals surface area contributed by atoms with E-state index in [-0.39, 0.29) is 10.7 Å². The van der Waals surface area contributed by atoms with Crippen LogP contribution in [0.25, 0.3) is 11.0 Å². The number of carbonyl (C=O) groups excluding carboxylic acids is 2. The Balaban J connectivity index is 3.13. The second-order valence-electron chi connectivity index (χ2n) is 2.61. The van der Waals surface area contributed by atoms with Gasteiger partial charge >= 0.3 is 0 Å². The van der Waals surface area contributed by atoms with Crippen molar-refractivity contribution in [2.24, 2.45) is 0 Å². The normalized spacial score (nSPS) is 9.43. The second-order valence-corrected chi connectivity index (χ2v) is 2.61. The van der Waals surface area contributed by atoms with Gasteiger partial charge in [-0.3, -0.25) is 0 Å². The predicted octanol–water partition coefficient (Wildman–Crippen LogP) is -1.36. The van der Waals surface area contributed by atoms with Crippen LogP contribution in [-0.2, 0) is 9.59 Å². The van der Waals surface area contributed by atoms with Crippen molar-refractivity contribution in [1.82, 2.24) is 9.97 Å². The van der Waals surface area contributed by atoms with Crippen molar-refractivity contribution in [2.45, 2.75) is 0 Å². The molecule has 0 fully saturated rings. The second kappa shape index (κ2) is 3.23. The Labute approximate surface area is 78.2 Å². The molecule has 0 radical (unpaired) electrons. The molecule has 0 unspecified atom stereocenters. The van der Waals surface area contributed by atoms with Crippen molar-refractivity contribution >= 4 is 22.9 Å². The molecule has 4 nitrogen and oxygen atoms in total. The standard InChI is InChI=1S/C10H4N2O2/c13-5-9-10(6-14)12-8-4-2-1-3-7(8)11-9/h1-4H. The van der Waals surface area contributed by atoms with Gasteiger partial charge in [-0.1, -0.05) is 12.1 Å². The van der Waals surface area contributed by atoms with E-state index in [0.717, 1.165) is 0 Å². The van der Waals surface area contributed by atoms with Crippen LogP contribution in [0.4, 0.5) is 0 Å². The molecule has 0 atom stereocenters. The monoisotopic (exact) mass is 184 g/mol. The van der Waals surface area contributed by atoms with Crippen LogP contribution in [0.1, 0.15) is 0 Å². The molecule has 0 spiro atoms. The summed E-state index contributed by atoms with van der Waals surface area (Å²) in [5.41, 5.74) is 1.12. The van der Waals surface area contributed by atoms with E-state index in [1.807, 2.05) is 0 Å². The van der Waals surface area contributed by atoms with Crippen molar-refractivity contribution < 1.29 is 9.59 Å². The molecule has 0 bridgehead atoms. The minimum absolute atomic E-state index is 0.0984. The first kappa shape index (κ1) is 8.32. The van der Waals surface area contributed by atoms with Crippen LogP contribution in [0.2, 0.25) is 0 Å². The van der Waals surface area contributed by atoms with Gasteiger partial charge in [0, 0.05) is 0 Å². The van der Waals surface area contributed by atoms with Gasteiger partial charge in [-0.05, 0) is 12.1 Å². The fourth-order valence-electron chi connectivity index (χ4n) is 1.14. The van der Waals surface area contributed by atoms with Crippen molar-refractivity contribution in [1.29, 1.82) is 0 Å². The lowest BCUT2D eigenvalue weighted by Crippen LogP contribution is -2.33. The Bertz CT molecular complexity index is 595. The third kappa shape index (κ3) is 1.21. The molecule has 0 aliphatic heterocycles. The summed E-state index contributed by atoms with van der Waals surface area (Å²) < 4.78 is 0. The van der Waals surface area contributed by atoms with Gasteiger partial charge in [-0.2, -0.15) is 0 Å². The number of aromatic nitrogens is 2. The van der Waals surface area contributed by atoms with E-state index in [1.54, 1.807) is 36.1 Å². The largest absolute Gasteiger partial charge is 0.232 e. The van der Waals surface area contributed by atoms with Crippen LogP contribution in [0.15, 0.2) is 24.3 Å². The van der Waals surface area contributed by atoms with E-state index >= 15 is 0 Å². The summed E-state index contributed by atoms with van der Waals surface area (Å²) in [4.78, 5) is 28.7. The maximum absolute atomic E-state index is 10.4. The Morgan fingerprint density at radius 3 is 1.64 bits per heavy atom. The molecule has 0 aliphatic rings. The lowest BCUT2D eigenvalue weighted by atomic mass is 10.3. The zero-order valence-electron chi connectivity index (χ0n) is 7.02. The van der Waals surface area contributed by atoms with Crippen LogP contribution in [0.5, 0.6) is 0 Å². The van der Waals surface area contributed by atoms with Crippen molar-refractivity contribution in [3.63, 3.8) is 0 Å². The number of hydrogen-bond donors (Lipinski definition) is 0. The van der Waals surface area contributed by atoms with Crippen molar-refractivity contribution in [3.05, 3.63) is 35.0 Å². The molecule has 0 amide bonds. The Morgan fingerprint density at radius 1 is 0.857 bits per heavy atom. The molecule has 2 rings (SSSR count). The van der Waals surface area contributed by atoms with E-state index in [1.165, 1.54) is 0 Å². The molecule has 1 aromatic heterocycles. The van der Waals surface area contributed by atoms with Crippen molar-refractivity contribution in [3.8, 4) is 0 Å². The molecule has 2 aromatic rings. The molecule has 66 valence electrons. The SMILES string of the molecule is O=C=c1nc2ccccc2nc1=C=O. The summed E-state index contributed by atoms with van der Waals surface area (Å²) in [7, 11) is 0. The summed E-state index contributed by atoms with van der Waals surface area (Å²) in [6.45, 7) is 0. The molecule has 14 heavy (non-hydrogen) atoms. The fraction of sp³-hybridized carbons (Fsp3) is 0. The first-order valence-electron chi connectivity index (χ1n) is 3.88. The highest BCUT2D eigenvalue weighted by molar-refractivity contribution is 5.74. The summed E-state index contributed by atoms with van der Waals surface area (Å²) in [6.07, 6.45) is 0. The van der Waals surface area contributed by atoms with E-state index in [4.69, 9.17) is 0 Å². The predicted molar refractivity (Wildman–Crippen MR) is 48.4 cm³/mol. The highest BCUT2D eigenvalue weighted by Crippen LogP contribution is 2.01. The molecular formula is C10H4N2O2. The van der Waals surface area contributed by atoms with Gasteiger partial charge in [0.15, 0.2) is 22.6 Å². The van der Waals surface area contributed by atoms with Gasteiger partial charge in [0.05, 0.1) is 11.0 Å². The number of nitrogens with zero attached hydrogens (tertiary/aromatic N) is 2. The number of rotatable bonds is 0. The van der Waals surface area contributed by atoms with Crippen LogP contribution in [-0.4, -0.2) is 21.9 Å². The van der Waals surface area contributed by atoms with Gasteiger partial charge in [0.1, 0.15) is 0 Å². The summed E-state index contributed by atoms with van der Waals surface area (Å²) in [5, 5.41) is -0.197. The van der Waals surface area contributed by atoms with Crippen LogP contribution in [0, 0.1) is 0 Å². The third-order valence-electron chi connectivity index (χ3n) is 1.76. The molecule has 4 heteroatoms. The number of fused-ring (bicyclic) bond motifs is 1. The lowest BCUT2D eigenvalue weighted by molar-refractivity contribution is 0.562. The smallest absolute Gasteiger partial charge is 0.184 e. The zero-order valence-corrected chi connectivity index (χ0v) is 7.02. The van der Waals surface area contributed by atoms with E-state index in [0.29, 0.717) is 11.0 Å². The lowest BCUT2D eigenvalue weighted by Gasteiger charge is -1.92. The van der Waals surface area contributed by atoms with Crippen molar-refractivity contribution in [2.75, 3.05) is 0 Å². The minimum atomic E-state index is -0.0984. The summed E-state index contributed by atoms with van der Waals surface area (Å²) in [6, 6.07) is 6.96. The number of para-hydroxylation sites is 2. The highest BCUT2D eigenvalue weighted by atomic mass is 16.1. The number of hydrogen-bond acceptors (Lipinski definition) is 4. The highest BCUT2D eigenvalue weighted by Gasteiger charge is 1.96. The average molecular weight is 184 g/mol. The average Bonchev–Trinajstić information content (AvgIpc) is 2.27. The first-order chi connectivity index (χ1) is 6.85. The third-order valence-corrected chi connectivity index (χ3v) is 1.76. The Hall–Kier alpha value is -2.28. The Kier molecular flexibility index (Phi) is 1.92. The molecule has 0 N–H and O–H groups in total. The van der Waals surface area contributed by atoms with Gasteiger partial charge < -0.3 is 0 Å². The first-order valence-corrected chi connectivity index (χ1v) is 3.88. The molecular weight excluding hydrogens is 180 g/mol. The zero-order chi connectivity index (χ0) is 9.97. The van der Waals surface area contributed by atoms with Crippen LogP contribution >= 0.6 is 0 Å². The van der Waals surface area contributed by atoms with E-state index < -0.39 is 0 Å². The van der Waals surface area contributed by atoms with E-state index in [9.17, 15) is 9.59 Å². The summed E-state index contributed by atoms with van der Waals surface area (Å²) >= 11 is 0.